The highest BCUT2D eigenvalue weighted by molar-refractivity contribution is 7.71. The molecule has 3 aromatic rings. The molecule has 10 heteroatoms. The number of aromatic amines is 1. The minimum Gasteiger partial charge on any atom is -0.497 e. The number of aromatic nitrogens is 3. The summed E-state index contributed by atoms with van der Waals surface area (Å²) in [5, 5.41) is 11.8. The third kappa shape index (κ3) is 5.68. The molecule has 0 spiro atoms. The van der Waals surface area contributed by atoms with Crippen molar-refractivity contribution < 1.29 is 17.9 Å². The molecular weight excluding hydrogens is 415 g/mol. The van der Waals surface area contributed by atoms with Crippen LogP contribution in [0.15, 0.2) is 48.5 Å². The summed E-state index contributed by atoms with van der Waals surface area (Å²) in [5.41, 5.74) is 1.83. The molecule has 0 radical (unpaired) electrons. The van der Waals surface area contributed by atoms with E-state index in [9.17, 15) is 13.2 Å². The Bertz CT molecular complexity index is 1080. The first kappa shape index (κ1) is 21.5. The highest BCUT2D eigenvalue weighted by Gasteiger charge is 2.31. The summed E-state index contributed by atoms with van der Waals surface area (Å²) in [6.45, 7) is -1.21. The number of alkyl halides is 3. The van der Waals surface area contributed by atoms with Crippen molar-refractivity contribution in [2.45, 2.75) is 19.4 Å². The van der Waals surface area contributed by atoms with E-state index in [1.807, 2.05) is 6.07 Å². The first-order valence-corrected chi connectivity index (χ1v) is 9.27. The molecule has 30 heavy (non-hydrogen) atoms. The number of nitriles is 1. The Hall–Kier alpha value is -3.16. The molecule has 0 fully saturated rings. The van der Waals surface area contributed by atoms with E-state index in [0.717, 1.165) is 5.56 Å². The van der Waals surface area contributed by atoms with Gasteiger partial charge in [0, 0.05) is 12.1 Å². The first-order chi connectivity index (χ1) is 14.3. The van der Waals surface area contributed by atoms with Crippen LogP contribution in [0.2, 0.25) is 0 Å². The van der Waals surface area contributed by atoms with Gasteiger partial charge < -0.3 is 4.74 Å². The highest BCUT2D eigenvalue weighted by atomic mass is 32.1. The van der Waals surface area contributed by atoms with Gasteiger partial charge in [0.2, 0.25) is 4.77 Å². The Kier molecular flexibility index (Phi) is 6.54. The SMILES string of the molecule is COc1ccc(-c2nc(=S)n(CN(Cc3ccc(C#N)cc3)CC(F)(F)F)[nH]2)cc1. The van der Waals surface area contributed by atoms with E-state index in [1.54, 1.807) is 55.6 Å². The average molecular weight is 433 g/mol. The Labute approximate surface area is 176 Å². The van der Waals surface area contributed by atoms with E-state index in [1.165, 1.54) is 9.58 Å². The van der Waals surface area contributed by atoms with Gasteiger partial charge in [0.1, 0.15) is 5.75 Å². The number of benzene rings is 2. The van der Waals surface area contributed by atoms with Crippen LogP contribution in [0.5, 0.6) is 5.75 Å². The molecule has 0 saturated carbocycles. The van der Waals surface area contributed by atoms with Crippen molar-refractivity contribution in [3.05, 3.63) is 64.4 Å². The molecule has 3 rings (SSSR count). The van der Waals surface area contributed by atoms with Gasteiger partial charge in [0.05, 0.1) is 32.0 Å². The molecule has 156 valence electrons. The lowest BCUT2D eigenvalue weighted by atomic mass is 10.1. The highest BCUT2D eigenvalue weighted by Crippen LogP contribution is 2.21. The minimum atomic E-state index is -4.38. The van der Waals surface area contributed by atoms with Crippen LogP contribution in [-0.4, -0.2) is 39.5 Å². The number of rotatable bonds is 7. The second kappa shape index (κ2) is 9.11. The molecule has 0 aliphatic carbocycles. The summed E-state index contributed by atoms with van der Waals surface area (Å²) in [4.78, 5) is 5.45. The fraction of sp³-hybridized carbons (Fsp3) is 0.250. The number of halogens is 3. The molecule has 1 aromatic heterocycles. The molecule has 1 N–H and O–H groups in total. The van der Waals surface area contributed by atoms with Crippen molar-refractivity contribution in [3.8, 4) is 23.2 Å². The van der Waals surface area contributed by atoms with Crippen LogP contribution < -0.4 is 4.74 Å². The largest absolute Gasteiger partial charge is 0.497 e. The first-order valence-electron chi connectivity index (χ1n) is 8.87. The maximum absolute atomic E-state index is 13.1. The summed E-state index contributed by atoms with van der Waals surface area (Å²) in [7, 11) is 1.56. The Balaban J connectivity index is 1.81. The number of methoxy groups -OCH3 is 1. The maximum Gasteiger partial charge on any atom is 0.401 e. The molecule has 6 nitrogen and oxygen atoms in total. The molecule has 0 amide bonds. The maximum atomic E-state index is 13.1. The van der Waals surface area contributed by atoms with E-state index in [0.29, 0.717) is 22.7 Å². The number of nitrogens with zero attached hydrogens (tertiary/aromatic N) is 4. The van der Waals surface area contributed by atoms with Crippen molar-refractivity contribution in [2.24, 2.45) is 0 Å². The van der Waals surface area contributed by atoms with Crippen LogP contribution in [0, 0.1) is 16.1 Å². The number of nitrogens with one attached hydrogen (secondary N) is 1. The molecule has 0 atom stereocenters. The van der Waals surface area contributed by atoms with Gasteiger partial charge in [-0.1, -0.05) is 12.1 Å². The van der Waals surface area contributed by atoms with Crippen LogP contribution in [0.4, 0.5) is 13.2 Å². The number of hydrogen-bond donors (Lipinski definition) is 1. The lowest BCUT2D eigenvalue weighted by Gasteiger charge is -2.23. The van der Waals surface area contributed by atoms with Crippen LogP contribution in [0.1, 0.15) is 11.1 Å². The van der Waals surface area contributed by atoms with Gasteiger partial charge in [-0.15, -0.1) is 0 Å². The van der Waals surface area contributed by atoms with Crippen LogP contribution >= 0.6 is 12.2 Å². The normalized spacial score (nSPS) is 11.5. The fourth-order valence-corrected chi connectivity index (χ4v) is 3.08. The second-order valence-electron chi connectivity index (χ2n) is 6.56. The van der Waals surface area contributed by atoms with Crippen LogP contribution in [0.3, 0.4) is 0 Å². The zero-order valence-electron chi connectivity index (χ0n) is 16.0. The number of H-pyrrole nitrogens is 1. The lowest BCUT2D eigenvalue weighted by Crippen LogP contribution is -2.35. The summed E-state index contributed by atoms with van der Waals surface area (Å²) in [5.74, 6) is 1.13. The van der Waals surface area contributed by atoms with Crippen LogP contribution in [0.25, 0.3) is 11.4 Å². The summed E-state index contributed by atoms with van der Waals surface area (Å²) >= 11 is 5.23. The molecular formula is C20H18F3N5OS. The van der Waals surface area contributed by atoms with Crippen LogP contribution in [-0.2, 0) is 13.2 Å². The van der Waals surface area contributed by atoms with Gasteiger partial charge in [-0.2, -0.15) is 23.4 Å². The van der Waals surface area contributed by atoms with E-state index in [2.05, 4.69) is 10.1 Å². The van der Waals surface area contributed by atoms with Gasteiger partial charge in [-0.25, -0.2) is 4.68 Å². The second-order valence-corrected chi connectivity index (χ2v) is 6.93. The Morgan fingerprint density at radius 2 is 1.83 bits per heavy atom. The smallest absolute Gasteiger partial charge is 0.401 e. The fourth-order valence-electron chi connectivity index (χ4n) is 2.88. The molecule has 0 saturated heterocycles. The summed E-state index contributed by atoms with van der Waals surface area (Å²) < 4.78 is 46.0. The molecule has 0 unspecified atom stereocenters. The topological polar surface area (TPSA) is 69.9 Å². The summed E-state index contributed by atoms with van der Waals surface area (Å²) in [6, 6.07) is 15.5. The molecule has 2 aromatic carbocycles. The van der Waals surface area contributed by atoms with Crippen molar-refractivity contribution in [1.29, 1.82) is 5.26 Å². The third-order valence-electron chi connectivity index (χ3n) is 4.28. The molecule has 0 aliphatic rings. The number of ether oxygens (including phenoxy) is 1. The van der Waals surface area contributed by atoms with Crippen molar-refractivity contribution in [3.63, 3.8) is 0 Å². The predicted molar refractivity (Wildman–Crippen MR) is 107 cm³/mol. The standard InChI is InChI=1S/C20H18F3N5OS/c1-29-17-8-6-16(7-9-17)18-25-19(30)28(26-18)13-27(12-20(21,22)23)11-15-4-2-14(10-24)3-5-15/h2-9H,11-13H2,1H3,(H,25,26,30). The van der Waals surface area contributed by atoms with Crippen molar-refractivity contribution in [1.82, 2.24) is 19.7 Å². The van der Waals surface area contributed by atoms with Gasteiger partial charge >= 0.3 is 6.18 Å². The Morgan fingerprint density at radius 3 is 2.40 bits per heavy atom. The van der Waals surface area contributed by atoms with Gasteiger partial charge in [-0.05, 0) is 54.2 Å². The quantitative estimate of drug-likeness (QED) is 0.555. The minimum absolute atomic E-state index is 0.0316. The molecule has 0 bridgehead atoms. The van der Waals surface area contributed by atoms with E-state index in [-0.39, 0.29) is 18.0 Å². The van der Waals surface area contributed by atoms with Crippen molar-refractivity contribution in [2.75, 3.05) is 13.7 Å². The van der Waals surface area contributed by atoms with Gasteiger partial charge in [0.15, 0.2) is 5.82 Å². The average Bonchev–Trinajstić information content (AvgIpc) is 3.07. The molecule has 0 aliphatic heterocycles. The number of hydrogen-bond acceptors (Lipinski definition) is 5. The third-order valence-corrected chi connectivity index (χ3v) is 4.59. The Morgan fingerprint density at radius 1 is 1.17 bits per heavy atom. The van der Waals surface area contributed by atoms with Crippen molar-refractivity contribution >= 4 is 12.2 Å². The predicted octanol–water partition coefficient (Wildman–Crippen LogP) is 4.51. The van der Waals surface area contributed by atoms with E-state index in [4.69, 9.17) is 22.2 Å². The summed E-state index contributed by atoms with van der Waals surface area (Å²) in [6.07, 6.45) is -4.38. The zero-order valence-corrected chi connectivity index (χ0v) is 16.8. The van der Waals surface area contributed by atoms with E-state index >= 15 is 0 Å². The lowest BCUT2D eigenvalue weighted by molar-refractivity contribution is -0.151. The van der Waals surface area contributed by atoms with Gasteiger partial charge in [-0.3, -0.25) is 10.00 Å². The van der Waals surface area contributed by atoms with Gasteiger partial charge in [0.25, 0.3) is 0 Å². The van der Waals surface area contributed by atoms with E-state index < -0.39 is 12.7 Å². The molecule has 1 heterocycles. The zero-order chi connectivity index (χ0) is 21.7. The monoisotopic (exact) mass is 433 g/mol.